The monoisotopic (exact) mass is 264 g/mol. The van der Waals surface area contributed by atoms with Crippen LogP contribution in [0.5, 0.6) is 0 Å². The second-order valence-electron chi connectivity index (χ2n) is 4.12. The van der Waals surface area contributed by atoms with Crippen LogP contribution in [-0.2, 0) is 9.59 Å². The summed E-state index contributed by atoms with van der Waals surface area (Å²) < 4.78 is 0. The van der Waals surface area contributed by atoms with Gasteiger partial charge < -0.3 is 10.2 Å². The molecule has 0 aromatic heterocycles. The van der Waals surface area contributed by atoms with Crippen LogP contribution in [0.15, 0.2) is 35.2 Å². The summed E-state index contributed by atoms with van der Waals surface area (Å²) >= 11 is 1.51. The van der Waals surface area contributed by atoms with Gasteiger partial charge in [-0.25, -0.2) is 0 Å². The third kappa shape index (κ3) is 3.77. The fourth-order valence-corrected chi connectivity index (χ4v) is 2.59. The summed E-state index contributed by atoms with van der Waals surface area (Å²) in [5.74, 6) is 0.351. The number of carbonyl (C=O) groups is 2. The molecule has 0 saturated carbocycles. The Balaban J connectivity index is 1.85. The Morgan fingerprint density at radius 3 is 2.89 bits per heavy atom. The quantitative estimate of drug-likeness (QED) is 0.833. The van der Waals surface area contributed by atoms with Crippen LogP contribution in [0.2, 0.25) is 0 Å². The molecular weight excluding hydrogens is 248 g/mol. The Hall–Kier alpha value is -1.49. The maximum Gasteiger partial charge on any atom is 0.239 e. The van der Waals surface area contributed by atoms with Gasteiger partial charge in [-0.2, -0.15) is 0 Å². The molecule has 1 aliphatic heterocycles. The molecule has 18 heavy (non-hydrogen) atoms. The van der Waals surface area contributed by atoms with E-state index in [4.69, 9.17) is 0 Å². The first-order chi connectivity index (χ1) is 8.75. The van der Waals surface area contributed by atoms with Crippen LogP contribution >= 0.6 is 11.8 Å². The highest BCUT2D eigenvalue weighted by atomic mass is 32.2. The van der Waals surface area contributed by atoms with Gasteiger partial charge in [-0.15, -0.1) is 11.8 Å². The summed E-state index contributed by atoms with van der Waals surface area (Å²) in [4.78, 5) is 26.1. The lowest BCUT2D eigenvalue weighted by Gasteiger charge is -2.18. The number of amides is 2. The lowest BCUT2D eigenvalue weighted by molar-refractivity contribution is -0.133. The van der Waals surface area contributed by atoms with Crippen molar-refractivity contribution in [1.82, 2.24) is 10.2 Å². The first-order valence-corrected chi connectivity index (χ1v) is 6.96. The van der Waals surface area contributed by atoms with Crippen LogP contribution in [0.4, 0.5) is 0 Å². The molecule has 2 amide bonds. The molecular formula is C13H16N2O2S. The van der Waals surface area contributed by atoms with Crippen molar-refractivity contribution in [2.45, 2.75) is 11.3 Å². The van der Waals surface area contributed by atoms with Crippen LogP contribution in [0.3, 0.4) is 0 Å². The minimum Gasteiger partial charge on any atom is -0.354 e. The van der Waals surface area contributed by atoms with Crippen molar-refractivity contribution in [3.8, 4) is 0 Å². The number of nitrogens with zero attached hydrogens (tertiary/aromatic N) is 1. The molecule has 0 spiro atoms. The van der Waals surface area contributed by atoms with Crippen molar-refractivity contribution in [3.63, 3.8) is 0 Å². The average Bonchev–Trinajstić information content (AvgIpc) is 2.62. The van der Waals surface area contributed by atoms with Crippen LogP contribution < -0.4 is 5.32 Å². The van der Waals surface area contributed by atoms with Crippen molar-refractivity contribution in [1.29, 1.82) is 0 Å². The molecule has 1 fully saturated rings. The van der Waals surface area contributed by atoms with Crippen molar-refractivity contribution in [3.05, 3.63) is 30.3 Å². The molecule has 4 nitrogen and oxygen atoms in total. The second-order valence-corrected chi connectivity index (χ2v) is 5.17. The number of hydrogen-bond acceptors (Lipinski definition) is 3. The summed E-state index contributed by atoms with van der Waals surface area (Å²) in [6.07, 6.45) is 0.827. The molecule has 1 N–H and O–H groups in total. The van der Waals surface area contributed by atoms with E-state index in [-0.39, 0.29) is 18.4 Å². The zero-order chi connectivity index (χ0) is 12.8. The second kappa shape index (κ2) is 6.44. The topological polar surface area (TPSA) is 49.4 Å². The normalized spacial score (nSPS) is 16.0. The molecule has 1 aromatic rings. The van der Waals surface area contributed by atoms with Crippen molar-refractivity contribution in [2.24, 2.45) is 0 Å². The Morgan fingerprint density at radius 1 is 1.33 bits per heavy atom. The van der Waals surface area contributed by atoms with Gasteiger partial charge in [0, 0.05) is 18.0 Å². The van der Waals surface area contributed by atoms with E-state index in [1.807, 2.05) is 30.3 Å². The standard InChI is InChI=1S/C13H16N2O2S/c16-12-9-15(8-4-7-14-12)13(17)10-18-11-5-2-1-3-6-11/h1-3,5-6H,4,7-10H2,(H,14,16). The fraction of sp³-hybridized carbons (Fsp3) is 0.385. The number of nitrogens with one attached hydrogen (secondary N) is 1. The SMILES string of the molecule is O=C1CN(C(=O)CSc2ccccc2)CCCN1. The van der Waals surface area contributed by atoms with Crippen molar-refractivity contribution in [2.75, 3.05) is 25.4 Å². The molecule has 1 heterocycles. The third-order valence-electron chi connectivity index (χ3n) is 2.72. The van der Waals surface area contributed by atoms with E-state index in [2.05, 4.69) is 5.32 Å². The molecule has 0 aliphatic carbocycles. The lowest BCUT2D eigenvalue weighted by atomic mass is 10.4. The Kier molecular flexibility index (Phi) is 4.64. The summed E-state index contributed by atoms with van der Waals surface area (Å²) in [7, 11) is 0. The van der Waals surface area contributed by atoms with E-state index >= 15 is 0 Å². The van der Waals surface area contributed by atoms with Crippen molar-refractivity contribution >= 4 is 23.6 Å². The smallest absolute Gasteiger partial charge is 0.239 e. The van der Waals surface area contributed by atoms with Gasteiger partial charge in [0.25, 0.3) is 0 Å². The van der Waals surface area contributed by atoms with Gasteiger partial charge in [0.2, 0.25) is 11.8 Å². The largest absolute Gasteiger partial charge is 0.354 e. The zero-order valence-electron chi connectivity index (χ0n) is 10.1. The van der Waals surface area contributed by atoms with Gasteiger partial charge in [0.15, 0.2) is 0 Å². The highest BCUT2D eigenvalue weighted by Crippen LogP contribution is 2.17. The lowest BCUT2D eigenvalue weighted by Crippen LogP contribution is -2.38. The van der Waals surface area contributed by atoms with Crippen LogP contribution in [0.1, 0.15) is 6.42 Å². The van der Waals surface area contributed by atoms with Gasteiger partial charge in [-0.1, -0.05) is 18.2 Å². The predicted octanol–water partition coefficient (Wildman–Crippen LogP) is 1.13. The summed E-state index contributed by atoms with van der Waals surface area (Å²) in [6, 6.07) is 9.81. The fourth-order valence-electron chi connectivity index (χ4n) is 1.77. The van der Waals surface area contributed by atoms with Gasteiger partial charge in [0.05, 0.1) is 12.3 Å². The maximum absolute atomic E-state index is 12.0. The van der Waals surface area contributed by atoms with E-state index in [0.29, 0.717) is 18.8 Å². The molecule has 2 rings (SSSR count). The Labute approximate surface area is 111 Å². The number of benzene rings is 1. The minimum absolute atomic E-state index is 0.0286. The molecule has 0 unspecified atom stereocenters. The van der Waals surface area contributed by atoms with E-state index in [9.17, 15) is 9.59 Å². The van der Waals surface area contributed by atoms with E-state index < -0.39 is 0 Å². The van der Waals surface area contributed by atoms with Crippen LogP contribution in [0.25, 0.3) is 0 Å². The van der Waals surface area contributed by atoms with Crippen molar-refractivity contribution < 1.29 is 9.59 Å². The molecule has 1 aliphatic rings. The Bertz CT molecular complexity index is 422. The van der Waals surface area contributed by atoms with E-state index in [0.717, 1.165) is 11.3 Å². The summed E-state index contributed by atoms with van der Waals surface area (Å²) in [5, 5.41) is 2.76. The summed E-state index contributed by atoms with van der Waals surface area (Å²) in [5.41, 5.74) is 0. The maximum atomic E-state index is 12.0. The predicted molar refractivity (Wildman–Crippen MR) is 71.4 cm³/mol. The van der Waals surface area contributed by atoms with E-state index in [1.54, 1.807) is 4.90 Å². The molecule has 0 radical (unpaired) electrons. The van der Waals surface area contributed by atoms with Crippen LogP contribution in [0, 0.1) is 0 Å². The van der Waals surface area contributed by atoms with Crippen LogP contribution in [-0.4, -0.2) is 42.1 Å². The summed E-state index contributed by atoms with van der Waals surface area (Å²) in [6.45, 7) is 1.51. The number of thioether (sulfide) groups is 1. The highest BCUT2D eigenvalue weighted by Gasteiger charge is 2.19. The first-order valence-electron chi connectivity index (χ1n) is 5.98. The highest BCUT2D eigenvalue weighted by molar-refractivity contribution is 8.00. The van der Waals surface area contributed by atoms with E-state index in [1.165, 1.54) is 11.8 Å². The zero-order valence-corrected chi connectivity index (χ0v) is 10.9. The molecule has 1 saturated heterocycles. The molecule has 0 bridgehead atoms. The van der Waals surface area contributed by atoms with Gasteiger partial charge in [-0.3, -0.25) is 9.59 Å². The first kappa shape index (κ1) is 13.0. The van der Waals surface area contributed by atoms with Gasteiger partial charge in [-0.05, 0) is 18.6 Å². The molecule has 0 atom stereocenters. The molecule has 1 aromatic carbocycles. The number of hydrogen-bond donors (Lipinski definition) is 1. The number of rotatable bonds is 3. The minimum atomic E-state index is -0.0643. The van der Waals surface area contributed by atoms with Gasteiger partial charge in [0.1, 0.15) is 0 Å². The molecule has 5 heteroatoms. The van der Waals surface area contributed by atoms with Gasteiger partial charge >= 0.3 is 0 Å². The third-order valence-corrected chi connectivity index (χ3v) is 3.72. The average molecular weight is 264 g/mol. The number of carbonyl (C=O) groups excluding carboxylic acids is 2. The Morgan fingerprint density at radius 2 is 2.11 bits per heavy atom. The molecule has 96 valence electrons.